The molecule has 19 heavy (non-hydrogen) atoms. The molecule has 1 atom stereocenters. The Morgan fingerprint density at radius 3 is 2.63 bits per heavy atom. The van der Waals surface area contributed by atoms with E-state index in [1.54, 1.807) is 25.2 Å². The lowest BCUT2D eigenvalue weighted by Crippen LogP contribution is -2.22. The first-order valence-electron chi connectivity index (χ1n) is 5.61. The smallest absolute Gasteiger partial charge is 0.372 e. The van der Waals surface area contributed by atoms with Gasteiger partial charge in [0.05, 0.1) is 4.47 Å². The Labute approximate surface area is 117 Å². The van der Waals surface area contributed by atoms with Crippen LogP contribution in [0.4, 0.5) is 17.6 Å². The standard InChI is InChI=1S/C12H14BrF4NO/c1-18-10(5-6-19-7-12(15,16)17)8-3-2-4-9(13)11(8)14/h2-4,10,18H,5-7H2,1H3. The lowest BCUT2D eigenvalue weighted by molar-refractivity contribution is -0.174. The van der Waals surface area contributed by atoms with Gasteiger partial charge in [-0.15, -0.1) is 0 Å². The molecule has 0 radical (unpaired) electrons. The maximum Gasteiger partial charge on any atom is 0.411 e. The van der Waals surface area contributed by atoms with Crippen LogP contribution in [-0.2, 0) is 4.74 Å². The molecule has 0 saturated heterocycles. The molecule has 1 aromatic rings. The molecule has 0 saturated carbocycles. The van der Waals surface area contributed by atoms with Gasteiger partial charge in [-0.1, -0.05) is 12.1 Å². The summed E-state index contributed by atoms with van der Waals surface area (Å²) in [6.07, 6.45) is -4.09. The van der Waals surface area contributed by atoms with E-state index in [0.717, 1.165) is 0 Å². The number of hydrogen-bond acceptors (Lipinski definition) is 2. The molecule has 0 fully saturated rings. The first-order chi connectivity index (χ1) is 8.85. The highest BCUT2D eigenvalue weighted by molar-refractivity contribution is 9.10. The van der Waals surface area contributed by atoms with Crippen LogP contribution in [0.15, 0.2) is 22.7 Å². The topological polar surface area (TPSA) is 21.3 Å². The number of hydrogen-bond donors (Lipinski definition) is 1. The summed E-state index contributed by atoms with van der Waals surface area (Å²) in [6.45, 7) is -1.39. The molecule has 1 aromatic carbocycles. The van der Waals surface area contributed by atoms with E-state index in [1.807, 2.05) is 0 Å². The van der Waals surface area contributed by atoms with Gasteiger partial charge < -0.3 is 10.1 Å². The summed E-state index contributed by atoms with van der Waals surface area (Å²) < 4.78 is 54.4. The lowest BCUT2D eigenvalue weighted by atomic mass is 10.0. The first kappa shape index (κ1) is 16.4. The molecular weight excluding hydrogens is 330 g/mol. The fourth-order valence-corrected chi connectivity index (χ4v) is 2.02. The molecule has 2 nitrogen and oxygen atoms in total. The molecular formula is C12H14BrF4NO. The highest BCUT2D eigenvalue weighted by Crippen LogP contribution is 2.25. The van der Waals surface area contributed by atoms with Crippen LogP contribution in [0, 0.1) is 5.82 Å². The highest BCUT2D eigenvalue weighted by atomic mass is 79.9. The van der Waals surface area contributed by atoms with E-state index in [9.17, 15) is 17.6 Å². The van der Waals surface area contributed by atoms with Crippen molar-refractivity contribution < 1.29 is 22.3 Å². The van der Waals surface area contributed by atoms with E-state index in [1.165, 1.54) is 0 Å². The van der Waals surface area contributed by atoms with Crippen LogP contribution in [0.2, 0.25) is 0 Å². The highest BCUT2D eigenvalue weighted by Gasteiger charge is 2.27. The summed E-state index contributed by atoms with van der Waals surface area (Å²) >= 11 is 3.07. The van der Waals surface area contributed by atoms with Gasteiger partial charge in [0.1, 0.15) is 12.4 Å². The molecule has 0 aliphatic carbocycles. The van der Waals surface area contributed by atoms with Crippen molar-refractivity contribution >= 4 is 15.9 Å². The minimum atomic E-state index is -4.34. The number of alkyl halides is 3. The third-order valence-corrected chi connectivity index (χ3v) is 3.13. The maximum absolute atomic E-state index is 13.8. The summed E-state index contributed by atoms with van der Waals surface area (Å²) in [6, 6.07) is 4.42. The van der Waals surface area contributed by atoms with E-state index in [0.29, 0.717) is 10.0 Å². The summed E-state index contributed by atoms with van der Waals surface area (Å²) in [5.41, 5.74) is 0.396. The summed E-state index contributed by atoms with van der Waals surface area (Å²) in [7, 11) is 1.62. The molecule has 0 spiro atoms. The van der Waals surface area contributed by atoms with Crippen molar-refractivity contribution in [1.29, 1.82) is 0 Å². The van der Waals surface area contributed by atoms with Gasteiger partial charge in [0.15, 0.2) is 0 Å². The van der Waals surface area contributed by atoms with Crippen LogP contribution in [-0.4, -0.2) is 26.4 Å². The molecule has 1 rings (SSSR count). The van der Waals surface area contributed by atoms with Gasteiger partial charge in [0.2, 0.25) is 0 Å². The van der Waals surface area contributed by atoms with Crippen LogP contribution in [0.3, 0.4) is 0 Å². The monoisotopic (exact) mass is 343 g/mol. The van der Waals surface area contributed by atoms with E-state index in [2.05, 4.69) is 26.0 Å². The van der Waals surface area contributed by atoms with E-state index >= 15 is 0 Å². The van der Waals surface area contributed by atoms with Crippen molar-refractivity contribution in [2.75, 3.05) is 20.3 Å². The Balaban J connectivity index is 2.56. The van der Waals surface area contributed by atoms with Crippen LogP contribution in [0.1, 0.15) is 18.0 Å². The van der Waals surface area contributed by atoms with Crippen molar-refractivity contribution in [3.8, 4) is 0 Å². The van der Waals surface area contributed by atoms with E-state index in [4.69, 9.17) is 0 Å². The van der Waals surface area contributed by atoms with E-state index < -0.39 is 24.6 Å². The predicted molar refractivity (Wildman–Crippen MR) is 67.4 cm³/mol. The SMILES string of the molecule is CNC(CCOCC(F)(F)F)c1cccc(Br)c1F. The van der Waals surface area contributed by atoms with Crippen LogP contribution in [0.5, 0.6) is 0 Å². The number of benzene rings is 1. The maximum atomic E-state index is 13.8. The Morgan fingerprint density at radius 2 is 2.05 bits per heavy atom. The van der Waals surface area contributed by atoms with Gasteiger partial charge >= 0.3 is 6.18 Å². The third-order valence-electron chi connectivity index (χ3n) is 2.52. The molecule has 108 valence electrons. The summed E-state index contributed by atoms with van der Waals surface area (Å²) in [5.74, 6) is -0.419. The fourth-order valence-electron chi connectivity index (χ4n) is 1.63. The summed E-state index contributed by atoms with van der Waals surface area (Å²) in [5, 5.41) is 2.86. The minimum Gasteiger partial charge on any atom is -0.372 e. The average molecular weight is 344 g/mol. The first-order valence-corrected chi connectivity index (χ1v) is 6.40. The minimum absolute atomic E-state index is 0.100. The molecule has 0 aliphatic heterocycles. The van der Waals surface area contributed by atoms with Gasteiger partial charge in [0, 0.05) is 18.2 Å². The van der Waals surface area contributed by atoms with Gasteiger partial charge in [0.25, 0.3) is 0 Å². The Kier molecular flexibility index (Phi) is 6.22. The number of rotatable bonds is 6. The van der Waals surface area contributed by atoms with Crippen molar-refractivity contribution in [3.05, 3.63) is 34.1 Å². The normalized spacial score (nSPS) is 13.6. The molecule has 0 aliphatic rings. The zero-order chi connectivity index (χ0) is 14.5. The number of halogens is 5. The Morgan fingerprint density at radius 1 is 1.37 bits per heavy atom. The average Bonchev–Trinajstić information content (AvgIpc) is 2.32. The van der Waals surface area contributed by atoms with Gasteiger partial charge in [-0.25, -0.2) is 4.39 Å². The van der Waals surface area contributed by atoms with E-state index in [-0.39, 0.29) is 13.0 Å². The van der Waals surface area contributed by atoms with Gasteiger partial charge in [-0.05, 0) is 35.5 Å². The summed E-state index contributed by atoms with van der Waals surface area (Å²) in [4.78, 5) is 0. The van der Waals surface area contributed by atoms with Crippen molar-refractivity contribution in [3.63, 3.8) is 0 Å². The molecule has 1 unspecified atom stereocenters. The number of ether oxygens (including phenoxy) is 1. The predicted octanol–water partition coefficient (Wildman–Crippen LogP) is 3.82. The Bertz CT molecular complexity index is 411. The van der Waals surface area contributed by atoms with Crippen molar-refractivity contribution in [1.82, 2.24) is 5.32 Å². The number of nitrogens with one attached hydrogen (secondary N) is 1. The van der Waals surface area contributed by atoms with Gasteiger partial charge in [-0.2, -0.15) is 13.2 Å². The van der Waals surface area contributed by atoms with Crippen LogP contribution >= 0.6 is 15.9 Å². The molecule has 0 aromatic heterocycles. The Hall–Kier alpha value is -0.660. The van der Waals surface area contributed by atoms with Crippen molar-refractivity contribution in [2.45, 2.75) is 18.6 Å². The zero-order valence-electron chi connectivity index (χ0n) is 10.2. The molecule has 0 heterocycles. The largest absolute Gasteiger partial charge is 0.411 e. The zero-order valence-corrected chi connectivity index (χ0v) is 11.8. The fraction of sp³-hybridized carbons (Fsp3) is 0.500. The third kappa shape index (κ3) is 5.46. The lowest BCUT2D eigenvalue weighted by Gasteiger charge is -2.18. The van der Waals surface area contributed by atoms with Crippen LogP contribution in [0.25, 0.3) is 0 Å². The second kappa shape index (κ2) is 7.21. The van der Waals surface area contributed by atoms with Crippen molar-refractivity contribution in [2.24, 2.45) is 0 Å². The molecule has 7 heteroatoms. The second-order valence-electron chi connectivity index (χ2n) is 3.94. The van der Waals surface area contributed by atoms with Crippen LogP contribution < -0.4 is 5.32 Å². The second-order valence-corrected chi connectivity index (χ2v) is 4.80. The van der Waals surface area contributed by atoms with Gasteiger partial charge in [-0.3, -0.25) is 0 Å². The molecule has 0 amide bonds. The molecule has 1 N–H and O–H groups in total. The quantitative estimate of drug-likeness (QED) is 0.626. The molecule has 0 bridgehead atoms.